The van der Waals surface area contributed by atoms with Gasteiger partial charge in [-0.2, -0.15) is 0 Å². The molecule has 0 fully saturated rings. The summed E-state index contributed by atoms with van der Waals surface area (Å²) in [4.78, 5) is 3.63. The molecule has 3 nitrogen and oxygen atoms in total. The minimum atomic E-state index is -0.718. The lowest BCUT2D eigenvalue weighted by Crippen LogP contribution is -2.29. The lowest BCUT2D eigenvalue weighted by molar-refractivity contribution is 0.354. The number of aromatic nitrogens is 1. The van der Waals surface area contributed by atoms with Gasteiger partial charge >= 0.3 is 0 Å². The molecule has 0 saturated carbocycles. The molecule has 1 aromatic heterocycles. The fourth-order valence-electron chi connectivity index (χ4n) is 10.5. The Balaban J connectivity index is 1.15. The Bertz CT molecular complexity index is 3450. The normalized spacial score (nSPS) is 13.4. The van der Waals surface area contributed by atoms with E-state index in [1.54, 1.807) is 0 Å². The van der Waals surface area contributed by atoms with Gasteiger partial charge in [-0.25, -0.2) is 0 Å². The Morgan fingerprint density at radius 1 is 0.350 bits per heavy atom. The van der Waals surface area contributed by atoms with Crippen molar-refractivity contribution in [1.82, 2.24) is 4.98 Å². The molecule has 0 unspecified atom stereocenters. The van der Waals surface area contributed by atoms with Gasteiger partial charge in [-0.3, -0.25) is 0 Å². The van der Waals surface area contributed by atoms with E-state index >= 15 is 0 Å². The topological polar surface area (TPSA) is 34.2 Å². The van der Waals surface area contributed by atoms with E-state index in [9.17, 15) is 0 Å². The smallest absolute Gasteiger partial charge is 0.175 e. The van der Waals surface area contributed by atoms with Crippen LogP contribution in [0.15, 0.2) is 206 Å². The zero-order chi connectivity index (χ0) is 39.4. The van der Waals surface area contributed by atoms with E-state index in [-0.39, 0.29) is 0 Å². The highest BCUT2D eigenvalue weighted by Crippen LogP contribution is 2.64. The molecular weight excluding hydrogens is 731 g/mol. The summed E-state index contributed by atoms with van der Waals surface area (Å²) in [6, 6.07) is 74.5. The van der Waals surface area contributed by atoms with Crippen LogP contribution in [-0.2, 0) is 5.41 Å². The number of ether oxygens (including phenoxy) is 2. The maximum absolute atomic E-state index is 7.02. The van der Waals surface area contributed by atoms with Crippen molar-refractivity contribution in [1.29, 1.82) is 0 Å². The number of hydrogen-bond acceptors (Lipinski definition) is 2. The van der Waals surface area contributed by atoms with Crippen LogP contribution in [0, 0.1) is 0 Å². The first kappa shape index (κ1) is 33.1. The quantitative estimate of drug-likeness (QED) is 0.181. The van der Waals surface area contributed by atoms with Gasteiger partial charge in [0.25, 0.3) is 0 Å². The fraction of sp³-hybridized carbons (Fsp3) is 0.0175. The second kappa shape index (κ2) is 12.6. The molecule has 13 rings (SSSR count). The largest absolute Gasteiger partial charge is 0.450 e. The molecule has 0 radical (unpaired) electrons. The van der Waals surface area contributed by atoms with Crippen molar-refractivity contribution in [3.8, 4) is 56.4 Å². The SMILES string of the molecule is c1ccc(C2(c3ccccc3)c3cccc(-c4c5ccccc5c(-c5ccc6[nH]c7ccccc7c6c5)c5ccccc45)c3-c3ccc4c(c32)Oc2ccccc2O4)cc1. The molecule has 0 bridgehead atoms. The third-order valence-corrected chi connectivity index (χ3v) is 12.9. The van der Waals surface area contributed by atoms with E-state index in [0.29, 0.717) is 17.2 Å². The molecule has 1 aliphatic heterocycles. The van der Waals surface area contributed by atoms with E-state index in [0.717, 1.165) is 27.9 Å². The lowest BCUT2D eigenvalue weighted by Gasteiger charge is -2.36. The fourth-order valence-corrected chi connectivity index (χ4v) is 10.5. The highest BCUT2D eigenvalue weighted by Gasteiger charge is 2.50. The van der Waals surface area contributed by atoms with Gasteiger partial charge in [0.2, 0.25) is 0 Å². The molecule has 1 N–H and O–H groups in total. The molecule has 0 saturated heterocycles. The van der Waals surface area contributed by atoms with Crippen LogP contribution in [0.3, 0.4) is 0 Å². The van der Waals surface area contributed by atoms with Crippen LogP contribution in [0.5, 0.6) is 23.0 Å². The molecule has 2 heterocycles. The molecular formula is C57H35NO2. The summed E-state index contributed by atoms with van der Waals surface area (Å²) in [7, 11) is 0. The number of rotatable bonds is 4. The second-order valence-corrected chi connectivity index (χ2v) is 15.9. The zero-order valence-corrected chi connectivity index (χ0v) is 32.4. The number of nitrogens with one attached hydrogen (secondary N) is 1. The van der Waals surface area contributed by atoms with Gasteiger partial charge in [-0.05, 0) is 108 Å². The summed E-state index contributed by atoms with van der Waals surface area (Å²) < 4.78 is 13.7. The summed E-state index contributed by atoms with van der Waals surface area (Å²) in [6.45, 7) is 0. The number of fused-ring (bicyclic) bond motifs is 11. The predicted molar refractivity (Wildman–Crippen MR) is 246 cm³/mol. The molecule has 10 aromatic carbocycles. The Morgan fingerprint density at radius 2 is 0.917 bits per heavy atom. The van der Waals surface area contributed by atoms with Crippen molar-refractivity contribution >= 4 is 43.4 Å². The first-order valence-electron chi connectivity index (χ1n) is 20.6. The molecule has 11 aromatic rings. The molecule has 0 amide bonds. The van der Waals surface area contributed by atoms with Crippen LogP contribution in [0.4, 0.5) is 0 Å². The third kappa shape index (κ3) is 4.49. The van der Waals surface area contributed by atoms with Crippen LogP contribution >= 0.6 is 0 Å². The van der Waals surface area contributed by atoms with Crippen LogP contribution in [0.2, 0.25) is 0 Å². The summed E-state index contributed by atoms with van der Waals surface area (Å²) in [5, 5.41) is 7.33. The Labute approximate surface area is 346 Å². The van der Waals surface area contributed by atoms with Crippen molar-refractivity contribution < 1.29 is 9.47 Å². The maximum atomic E-state index is 7.02. The van der Waals surface area contributed by atoms with Gasteiger partial charge in [0.15, 0.2) is 23.0 Å². The minimum absolute atomic E-state index is 0.711. The molecule has 2 aliphatic rings. The van der Waals surface area contributed by atoms with Crippen molar-refractivity contribution in [3.63, 3.8) is 0 Å². The van der Waals surface area contributed by atoms with E-state index in [4.69, 9.17) is 9.47 Å². The number of benzene rings is 10. The van der Waals surface area contributed by atoms with Crippen LogP contribution in [0.1, 0.15) is 22.3 Å². The van der Waals surface area contributed by atoms with E-state index in [1.807, 2.05) is 24.3 Å². The van der Waals surface area contributed by atoms with Crippen molar-refractivity contribution in [2.24, 2.45) is 0 Å². The van der Waals surface area contributed by atoms with Gasteiger partial charge < -0.3 is 14.5 Å². The van der Waals surface area contributed by atoms with Crippen LogP contribution in [-0.4, -0.2) is 4.98 Å². The monoisotopic (exact) mass is 765 g/mol. The number of aromatic amines is 1. The summed E-state index contributed by atoms with van der Waals surface area (Å²) in [6.07, 6.45) is 0. The van der Waals surface area contributed by atoms with Gasteiger partial charge in [0.1, 0.15) is 0 Å². The standard InChI is InChI=1S/C57H35NO2/c1-3-16-36(17-4-1)57(37-18-5-2-6-19-37)46-26-15-25-43(54(46)44-31-33-51-56(55(44)57)60-50-29-14-13-28-49(50)59-51)53-41-23-9-7-21-39(41)52(40-22-8-10-24-42(40)53)35-30-32-48-45(34-35)38-20-11-12-27-47(38)58-48/h1-34,58H. The van der Waals surface area contributed by atoms with Crippen LogP contribution < -0.4 is 9.47 Å². The highest BCUT2D eigenvalue weighted by atomic mass is 16.6. The minimum Gasteiger partial charge on any atom is -0.450 e. The zero-order valence-electron chi connectivity index (χ0n) is 32.4. The van der Waals surface area contributed by atoms with E-state index in [2.05, 4.69) is 187 Å². The van der Waals surface area contributed by atoms with Gasteiger partial charge in [0, 0.05) is 27.4 Å². The maximum Gasteiger partial charge on any atom is 0.175 e. The first-order valence-corrected chi connectivity index (χ1v) is 20.6. The van der Waals surface area contributed by atoms with E-state index in [1.165, 1.54) is 76.8 Å². The molecule has 60 heavy (non-hydrogen) atoms. The molecule has 280 valence electrons. The first-order chi connectivity index (χ1) is 29.8. The number of hydrogen-bond donors (Lipinski definition) is 1. The number of para-hydroxylation sites is 3. The molecule has 0 atom stereocenters. The average Bonchev–Trinajstić information content (AvgIpc) is 3.84. The molecule has 3 heteroatoms. The Morgan fingerprint density at radius 3 is 1.60 bits per heavy atom. The predicted octanol–water partition coefficient (Wildman–Crippen LogP) is 15.2. The van der Waals surface area contributed by atoms with E-state index < -0.39 is 5.41 Å². The Hall–Kier alpha value is -7.88. The lowest BCUT2D eigenvalue weighted by atomic mass is 9.67. The number of H-pyrrole nitrogens is 1. The van der Waals surface area contributed by atoms with Gasteiger partial charge in [-0.15, -0.1) is 0 Å². The highest BCUT2D eigenvalue weighted by molar-refractivity contribution is 6.23. The molecule has 1 aliphatic carbocycles. The van der Waals surface area contributed by atoms with Crippen molar-refractivity contribution in [3.05, 3.63) is 229 Å². The van der Waals surface area contributed by atoms with Crippen LogP contribution in [0.25, 0.3) is 76.7 Å². The van der Waals surface area contributed by atoms with Gasteiger partial charge in [-0.1, -0.05) is 170 Å². The third-order valence-electron chi connectivity index (χ3n) is 12.9. The van der Waals surface area contributed by atoms with Crippen molar-refractivity contribution in [2.75, 3.05) is 0 Å². The summed E-state index contributed by atoms with van der Waals surface area (Å²) in [5.41, 5.74) is 13.4. The second-order valence-electron chi connectivity index (χ2n) is 15.9. The van der Waals surface area contributed by atoms with Gasteiger partial charge in [0.05, 0.1) is 5.41 Å². The van der Waals surface area contributed by atoms with Crippen molar-refractivity contribution in [2.45, 2.75) is 5.41 Å². The Kier molecular flexibility index (Phi) is 6.93. The summed E-state index contributed by atoms with van der Waals surface area (Å²) in [5.74, 6) is 2.89. The molecule has 0 spiro atoms. The summed E-state index contributed by atoms with van der Waals surface area (Å²) >= 11 is 0. The average molecular weight is 766 g/mol.